The Balaban J connectivity index is 1.13. The normalized spacial score (nSPS) is 27.1. The second-order valence-corrected chi connectivity index (χ2v) is 17.5. The summed E-state index contributed by atoms with van der Waals surface area (Å²) in [4.78, 5) is 72.0. The number of hydrogen-bond donors (Lipinski definition) is 3. The molecule has 2 aromatic carbocycles. The standard InChI is InChI=1S/C40H51N5O9S/c46-35-34-24-44(39(50)53-25-29-13-10-12-28-11-6-9-17-32(28)29)21-22-45(34)36(47)33(41-38(49)54-31-15-7-8-16-31)18-5-3-1-2-4-14-30-23-40(30,42-35)37(48)43-55(51,52)26-27-19-20-27/h4,6,9-14,17,27,30-31,33-34H,1-3,5,7-8,15-16,18-26H2,(H,41,49)(H,42,46)(H,43,48)/b14-4+/t30?,33-,34-,40-/m0/s1. The van der Waals surface area contributed by atoms with Gasteiger partial charge in [-0.15, -0.1) is 0 Å². The van der Waals surface area contributed by atoms with E-state index in [2.05, 4.69) is 15.4 Å². The molecule has 3 saturated carbocycles. The van der Waals surface area contributed by atoms with E-state index >= 15 is 0 Å². The van der Waals surface area contributed by atoms with Crippen molar-refractivity contribution in [1.82, 2.24) is 25.2 Å². The van der Waals surface area contributed by atoms with Gasteiger partial charge >= 0.3 is 12.2 Å². The van der Waals surface area contributed by atoms with Gasteiger partial charge in [0.2, 0.25) is 21.8 Å². The fraction of sp³-hybridized carbons (Fsp3) is 0.575. The van der Waals surface area contributed by atoms with Gasteiger partial charge in [0.25, 0.3) is 5.91 Å². The van der Waals surface area contributed by atoms with E-state index in [0.717, 1.165) is 67.7 Å². The lowest BCUT2D eigenvalue weighted by atomic mass is 10.0. The largest absolute Gasteiger partial charge is 0.446 e. The summed E-state index contributed by atoms with van der Waals surface area (Å²) in [6.45, 7) is -0.255. The maximum atomic E-state index is 14.4. The number of sulfonamides is 1. The fourth-order valence-corrected chi connectivity index (χ4v) is 9.58. The number of benzene rings is 2. The molecule has 15 heteroatoms. The molecule has 4 fully saturated rings. The number of ether oxygens (including phenoxy) is 2. The summed E-state index contributed by atoms with van der Waals surface area (Å²) in [5.41, 5.74) is -0.748. The lowest BCUT2D eigenvalue weighted by Gasteiger charge is -2.41. The van der Waals surface area contributed by atoms with Crippen molar-refractivity contribution >= 4 is 50.7 Å². The third kappa shape index (κ3) is 9.42. The predicted molar refractivity (Wildman–Crippen MR) is 203 cm³/mol. The van der Waals surface area contributed by atoms with Crippen LogP contribution in [0.4, 0.5) is 9.59 Å². The quantitative estimate of drug-likeness (QED) is 0.330. The Hall–Kier alpha value is -4.66. The van der Waals surface area contributed by atoms with Crippen molar-refractivity contribution in [1.29, 1.82) is 0 Å². The molecule has 0 spiro atoms. The van der Waals surface area contributed by atoms with Gasteiger partial charge in [0, 0.05) is 19.0 Å². The maximum absolute atomic E-state index is 14.4. The number of amides is 5. The summed E-state index contributed by atoms with van der Waals surface area (Å²) >= 11 is 0. The van der Waals surface area contributed by atoms with E-state index < -0.39 is 63.5 Å². The fourth-order valence-electron chi connectivity index (χ4n) is 8.08. The Morgan fingerprint density at radius 3 is 2.47 bits per heavy atom. The first-order chi connectivity index (χ1) is 26.5. The highest BCUT2D eigenvalue weighted by atomic mass is 32.2. The lowest BCUT2D eigenvalue weighted by Crippen LogP contribution is -2.66. The van der Waals surface area contributed by atoms with Gasteiger partial charge in [-0.05, 0) is 86.5 Å². The molecule has 0 aromatic heterocycles. The Morgan fingerprint density at radius 1 is 0.909 bits per heavy atom. The Bertz CT molecular complexity index is 1920. The summed E-state index contributed by atoms with van der Waals surface area (Å²) in [7, 11) is -3.95. The van der Waals surface area contributed by atoms with Crippen molar-refractivity contribution in [2.45, 2.75) is 107 Å². The molecule has 1 saturated heterocycles. The number of fused-ring (bicyclic) bond motifs is 3. The third-order valence-electron chi connectivity index (χ3n) is 11.5. The van der Waals surface area contributed by atoms with Crippen LogP contribution >= 0.6 is 0 Å². The zero-order valence-corrected chi connectivity index (χ0v) is 31.9. The molecule has 2 aromatic rings. The van der Waals surface area contributed by atoms with Crippen molar-refractivity contribution in [3.8, 4) is 0 Å². The molecule has 55 heavy (non-hydrogen) atoms. The van der Waals surface area contributed by atoms with Crippen LogP contribution in [0.5, 0.6) is 0 Å². The minimum absolute atomic E-state index is 0.00498. The molecule has 4 atom stereocenters. The van der Waals surface area contributed by atoms with Gasteiger partial charge in [0.15, 0.2) is 0 Å². The van der Waals surface area contributed by atoms with Crippen LogP contribution < -0.4 is 15.4 Å². The number of allylic oxidation sites excluding steroid dienone is 1. The van der Waals surface area contributed by atoms with Crippen molar-refractivity contribution < 1.29 is 41.9 Å². The van der Waals surface area contributed by atoms with Crippen molar-refractivity contribution in [2.75, 3.05) is 25.4 Å². The Labute approximate surface area is 321 Å². The molecule has 7 rings (SSSR count). The van der Waals surface area contributed by atoms with E-state index in [-0.39, 0.29) is 50.4 Å². The number of carbonyl (C=O) groups excluding carboxylic acids is 5. The molecule has 2 aliphatic heterocycles. The summed E-state index contributed by atoms with van der Waals surface area (Å²) in [6.07, 6.45) is 10.6. The van der Waals surface area contributed by atoms with E-state index in [1.807, 2.05) is 54.6 Å². The molecular formula is C40H51N5O9S. The number of rotatable bonds is 8. The van der Waals surface area contributed by atoms with Gasteiger partial charge in [-0.25, -0.2) is 18.0 Å². The van der Waals surface area contributed by atoms with E-state index in [9.17, 15) is 32.4 Å². The van der Waals surface area contributed by atoms with E-state index in [1.54, 1.807) is 0 Å². The van der Waals surface area contributed by atoms with Gasteiger partial charge in [-0.2, -0.15) is 0 Å². The molecule has 2 heterocycles. The number of alkyl carbamates (subject to hydrolysis) is 1. The summed E-state index contributed by atoms with van der Waals surface area (Å²) < 4.78 is 39.4. The van der Waals surface area contributed by atoms with Gasteiger partial charge < -0.3 is 29.9 Å². The number of carbonyl (C=O) groups is 5. The molecule has 5 aliphatic rings. The summed E-state index contributed by atoms with van der Waals surface area (Å²) in [6, 6.07) is 11.2. The topological polar surface area (TPSA) is 181 Å². The van der Waals surface area contributed by atoms with E-state index in [4.69, 9.17) is 9.47 Å². The van der Waals surface area contributed by atoms with Crippen LogP contribution in [0.3, 0.4) is 0 Å². The highest BCUT2D eigenvalue weighted by molar-refractivity contribution is 7.90. The monoisotopic (exact) mass is 777 g/mol. The van der Waals surface area contributed by atoms with Crippen molar-refractivity contribution in [3.63, 3.8) is 0 Å². The van der Waals surface area contributed by atoms with Gasteiger partial charge in [-0.3, -0.25) is 19.1 Å². The molecule has 3 N–H and O–H groups in total. The van der Waals surface area contributed by atoms with Crippen LogP contribution in [0.2, 0.25) is 0 Å². The molecule has 14 nitrogen and oxygen atoms in total. The van der Waals surface area contributed by atoms with Gasteiger partial charge in [0.05, 0.1) is 12.3 Å². The molecule has 5 amide bonds. The third-order valence-corrected chi connectivity index (χ3v) is 12.9. The first-order valence-electron chi connectivity index (χ1n) is 19.7. The van der Waals surface area contributed by atoms with E-state index in [0.29, 0.717) is 19.3 Å². The van der Waals surface area contributed by atoms with E-state index in [1.165, 1.54) is 9.80 Å². The van der Waals surface area contributed by atoms with Crippen LogP contribution in [-0.2, 0) is 40.5 Å². The SMILES string of the molecule is O=C(N[C@H]1CCCCC/C=C/C2C[C@]2(C(=O)NS(=O)(=O)CC2CC2)NC(=O)[C@@H]2CN(C(=O)OCc3cccc4ccccc34)CCN2C1=O)OC1CCCC1. The zero-order valence-electron chi connectivity index (χ0n) is 31.1. The zero-order chi connectivity index (χ0) is 38.6. The van der Waals surface area contributed by atoms with Crippen LogP contribution in [0.15, 0.2) is 54.6 Å². The molecule has 0 bridgehead atoms. The van der Waals surface area contributed by atoms with Gasteiger partial charge in [0.1, 0.15) is 30.3 Å². The number of nitrogens with one attached hydrogen (secondary N) is 3. The van der Waals surface area contributed by atoms with Gasteiger partial charge in [-0.1, -0.05) is 67.5 Å². The maximum Gasteiger partial charge on any atom is 0.410 e. The molecule has 0 radical (unpaired) electrons. The summed E-state index contributed by atoms with van der Waals surface area (Å²) in [5.74, 6) is -2.67. The van der Waals surface area contributed by atoms with Crippen LogP contribution in [0.1, 0.15) is 82.6 Å². The average molecular weight is 778 g/mol. The molecular weight excluding hydrogens is 727 g/mol. The average Bonchev–Trinajstić information content (AvgIpc) is 4.06. The molecule has 1 unspecified atom stereocenters. The summed E-state index contributed by atoms with van der Waals surface area (Å²) in [5, 5.41) is 7.55. The minimum atomic E-state index is -3.95. The molecule has 3 aliphatic carbocycles. The van der Waals surface area contributed by atoms with Crippen LogP contribution in [-0.4, -0.2) is 97.2 Å². The second-order valence-electron chi connectivity index (χ2n) is 15.7. The van der Waals surface area contributed by atoms with Crippen LogP contribution in [0, 0.1) is 11.8 Å². The number of nitrogens with zero attached hydrogens (tertiary/aromatic N) is 2. The minimum Gasteiger partial charge on any atom is -0.446 e. The Morgan fingerprint density at radius 2 is 1.67 bits per heavy atom. The van der Waals surface area contributed by atoms with Crippen molar-refractivity contribution in [2.24, 2.45) is 11.8 Å². The first kappa shape index (κ1) is 38.6. The lowest BCUT2D eigenvalue weighted by molar-refractivity contribution is -0.146. The highest BCUT2D eigenvalue weighted by Gasteiger charge is 2.61. The second kappa shape index (κ2) is 16.6. The highest BCUT2D eigenvalue weighted by Crippen LogP contribution is 2.45. The number of piperazine rings is 1. The predicted octanol–water partition coefficient (Wildman–Crippen LogP) is 4.28. The number of hydrogen-bond acceptors (Lipinski definition) is 9. The smallest absolute Gasteiger partial charge is 0.410 e. The van der Waals surface area contributed by atoms with Crippen LogP contribution in [0.25, 0.3) is 10.8 Å². The Kier molecular flexibility index (Phi) is 11.7. The van der Waals surface area contributed by atoms with Crippen molar-refractivity contribution in [3.05, 3.63) is 60.2 Å². The first-order valence-corrected chi connectivity index (χ1v) is 21.4. The molecule has 296 valence electrons.